The van der Waals surface area contributed by atoms with Gasteiger partial charge in [0, 0.05) is 12.2 Å². The largest absolute Gasteiger partial charge is 0.372 e. The number of hydrogen-bond donors (Lipinski definition) is 1. The second-order valence-corrected chi connectivity index (χ2v) is 2.00. The highest BCUT2D eigenvalue weighted by Gasteiger charge is 1.96. The molecule has 0 spiro atoms. The number of nitrogens with one attached hydrogen (secondary N) is 1. The third kappa shape index (κ3) is 0.886. The minimum absolute atomic E-state index is 0.954. The Bertz CT molecular complexity index is 145. The fourth-order valence-electron chi connectivity index (χ4n) is 0.579. The lowest BCUT2D eigenvalue weighted by atomic mass is 10.2. The first-order valence-corrected chi connectivity index (χ1v) is 2.73. The molecule has 1 rings (SSSR count). The highest BCUT2D eigenvalue weighted by molar-refractivity contribution is 5.58. The van der Waals surface area contributed by atoms with E-state index >= 15 is 0 Å². The second-order valence-electron chi connectivity index (χ2n) is 2.00. The van der Waals surface area contributed by atoms with Crippen molar-refractivity contribution in [3.8, 4) is 0 Å². The van der Waals surface area contributed by atoms with E-state index in [0.717, 1.165) is 12.2 Å². The maximum Gasteiger partial charge on any atom is 0.0884 e. The van der Waals surface area contributed by atoms with E-state index in [0.29, 0.717) is 0 Å². The van der Waals surface area contributed by atoms with Gasteiger partial charge < -0.3 is 5.32 Å². The Kier molecular flexibility index (Phi) is 1.33. The molecule has 0 aromatic rings. The van der Waals surface area contributed by atoms with E-state index in [2.05, 4.69) is 17.2 Å². The average Bonchev–Trinajstić information content (AvgIpc) is 1.77. The number of allylic oxidation sites excluding steroid dienone is 1. The predicted octanol–water partition coefficient (Wildman–Crippen LogP) is 0.912. The van der Waals surface area contributed by atoms with Crippen LogP contribution in [0.5, 0.6) is 0 Å². The molecule has 2 nitrogen and oxygen atoms in total. The molecular formula is C6H10N2. The fraction of sp³-hybridized carbons (Fsp3) is 0.500. The van der Waals surface area contributed by atoms with Crippen LogP contribution in [-0.4, -0.2) is 12.9 Å². The molecule has 0 atom stereocenters. The Morgan fingerprint density at radius 1 is 1.62 bits per heavy atom. The van der Waals surface area contributed by atoms with Crippen molar-refractivity contribution in [1.82, 2.24) is 5.32 Å². The summed E-state index contributed by atoms with van der Waals surface area (Å²) in [5.41, 5.74) is 2.47. The second kappa shape index (κ2) is 1.99. The Morgan fingerprint density at radius 3 is 2.75 bits per heavy atom. The summed E-state index contributed by atoms with van der Waals surface area (Å²) in [7, 11) is 0. The van der Waals surface area contributed by atoms with E-state index in [1.807, 2.05) is 6.92 Å². The van der Waals surface area contributed by atoms with Crippen LogP contribution >= 0.6 is 0 Å². The van der Waals surface area contributed by atoms with Gasteiger partial charge in [-0.1, -0.05) is 0 Å². The summed E-state index contributed by atoms with van der Waals surface area (Å²) in [5.74, 6) is 0. The minimum atomic E-state index is 0.954. The van der Waals surface area contributed by atoms with Crippen molar-refractivity contribution in [3.05, 3.63) is 11.3 Å². The lowest BCUT2D eigenvalue weighted by Crippen LogP contribution is -2.17. The van der Waals surface area contributed by atoms with E-state index in [-0.39, 0.29) is 0 Å². The van der Waals surface area contributed by atoms with Crippen LogP contribution in [0.2, 0.25) is 0 Å². The lowest BCUT2D eigenvalue weighted by Gasteiger charge is -2.07. The van der Waals surface area contributed by atoms with E-state index < -0.39 is 0 Å². The molecule has 8 heavy (non-hydrogen) atoms. The van der Waals surface area contributed by atoms with E-state index in [1.165, 1.54) is 5.57 Å². The van der Waals surface area contributed by atoms with Gasteiger partial charge in [-0.05, 0) is 19.4 Å². The van der Waals surface area contributed by atoms with Crippen molar-refractivity contribution in [3.63, 3.8) is 0 Å². The molecule has 0 amide bonds. The molecule has 1 aliphatic heterocycles. The molecule has 0 bridgehead atoms. The Labute approximate surface area is 49.3 Å². The van der Waals surface area contributed by atoms with Crippen LogP contribution in [0.4, 0.5) is 0 Å². The van der Waals surface area contributed by atoms with Gasteiger partial charge in [-0.3, -0.25) is 0 Å². The van der Waals surface area contributed by atoms with Crippen LogP contribution in [0.25, 0.3) is 0 Å². The molecule has 2 heteroatoms. The van der Waals surface area contributed by atoms with Crippen molar-refractivity contribution in [1.29, 1.82) is 0 Å². The van der Waals surface area contributed by atoms with Crippen LogP contribution in [-0.2, 0) is 0 Å². The highest BCUT2D eigenvalue weighted by Crippen LogP contribution is 2.04. The average molecular weight is 110 g/mol. The van der Waals surface area contributed by atoms with E-state index in [4.69, 9.17) is 0 Å². The monoisotopic (exact) mass is 110 g/mol. The van der Waals surface area contributed by atoms with Gasteiger partial charge in [0.25, 0.3) is 0 Å². The molecular weight excluding hydrogens is 100 g/mol. The third-order valence-electron chi connectivity index (χ3n) is 1.33. The van der Waals surface area contributed by atoms with Crippen molar-refractivity contribution in [2.45, 2.75) is 13.8 Å². The summed E-state index contributed by atoms with van der Waals surface area (Å²) in [6.07, 6.45) is 1.74. The zero-order valence-corrected chi connectivity index (χ0v) is 5.23. The molecule has 0 saturated carbocycles. The Morgan fingerprint density at radius 2 is 2.38 bits per heavy atom. The zero-order valence-electron chi connectivity index (χ0n) is 5.23. The van der Waals surface area contributed by atoms with Gasteiger partial charge >= 0.3 is 0 Å². The van der Waals surface area contributed by atoms with Crippen molar-refractivity contribution >= 4 is 6.34 Å². The van der Waals surface area contributed by atoms with Gasteiger partial charge in [0.1, 0.15) is 0 Å². The summed E-state index contributed by atoms with van der Waals surface area (Å²) in [4.78, 5) is 4.05. The summed E-state index contributed by atoms with van der Waals surface area (Å²) in [6.45, 7) is 5.06. The first kappa shape index (κ1) is 5.35. The third-order valence-corrected chi connectivity index (χ3v) is 1.33. The van der Waals surface area contributed by atoms with Crippen LogP contribution in [0.1, 0.15) is 13.8 Å². The summed E-state index contributed by atoms with van der Waals surface area (Å²) in [5, 5.41) is 3.02. The van der Waals surface area contributed by atoms with Crippen LogP contribution in [0.15, 0.2) is 16.3 Å². The van der Waals surface area contributed by atoms with Gasteiger partial charge in [0.15, 0.2) is 0 Å². The Hall–Kier alpha value is -0.790. The van der Waals surface area contributed by atoms with Crippen LogP contribution < -0.4 is 5.32 Å². The lowest BCUT2D eigenvalue weighted by molar-refractivity contribution is 0.939. The number of nitrogens with zero attached hydrogens (tertiary/aromatic N) is 1. The van der Waals surface area contributed by atoms with E-state index in [1.54, 1.807) is 6.34 Å². The molecule has 0 aromatic carbocycles. The van der Waals surface area contributed by atoms with Crippen LogP contribution in [0, 0.1) is 0 Å². The molecule has 0 aliphatic carbocycles. The van der Waals surface area contributed by atoms with Crippen molar-refractivity contribution < 1.29 is 0 Å². The first-order valence-electron chi connectivity index (χ1n) is 2.73. The zero-order chi connectivity index (χ0) is 5.98. The molecule has 0 fully saturated rings. The molecule has 0 aromatic heterocycles. The summed E-state index contributed by atoms with van der Waals surface area (Å²) in [6, 6.07) is 0. The number of aliphatic imine (C=N–C) groups is 1. The fourth-order valence-corrected chi connectivity index (χ4v) is 0.579. The molecule has 1 aliphatic rings. The van der Waals surface area contributed by atoms with Gasteiger partial charge in [-0.15, -0.1) is 0 Å². The molecule has 0 radical (unpaired) electrons. The first-order chi connectivity index (χ1) is 3.80. The standard InChI is InChI=1S/C6H10N2/c1-5-3-7-4-8-6(5)2/h4H,3H2,1-2H3,(H,7,8). The Balaban J connectivity index is 2.76. The van der Waals surface area contributed by atoms with Gasteiger partial charge in [-0.2, -0.15) is 0 Å². The molecule has 0 unspecified atom stereocenters. The SMILES string of the molecule is CC1=C(C)N=CNC1. The number of rotatable bonds is 0. The highest BCUT2D eigenvalue weighted by atomic mass is 15.0. The quantitative estimate of drug-likeness (QED) is 0.492. The molecule has 1 heterocycles. The minimum Gasteiger partial charge on any atom is -0.372 e. The number of hydrogen-bond acceptors (Lipinski definition) is 2. The van der Waals surface area contributed by atoms with E-state index in [9.17, 15) is 0 Å². The maximum absolute atomic E-state index is 4.05. The van der Waals surface area contributed by atoms with Gasteiger partial charge in [-0.25, -0.2) is 4.99 Å². The topological polar surface area (TPSA) is 24.4 Å². The summed E-state index contributed by atoms with van der Waals surface area (Å²) >= 11 is 0. The maximum atomic E-state index is 4.05. The van der Waals surface area contributed by atoms with Crippen molar-refractivity contribution in [2.75, 3.05) is 6.54 Å². The predicted molar refractivity (Wildman–Crippen MR) is 34.9 cm³/mol. The van der Waals surface area contributed by atoms with Gasteiger partial charge in [0.2, 0.25) is 0 Å². The molecule has 0 saturated heterocycles. The van der Waals surface area contributed by atoms with Gasteiger partial charge in [0.05, 0.1) is 6.34 Å². The smallest absolute Gasteiger partial charge is 0.0884 e. The van der Waals surface area contributed by atoms with Crippen molar-refractivity contribution in [2.24, 2.45) is 4.99 Å². The molecule has 44 valence electrons. The van der Waals surface area contributed by atoms with Crippen LogP contribution in [0.3, 0.4) is 0 Å². The molecule has 1 N–H and O–H groups in total. The normalized spacial score (nSPS) is 18.8. The summed E-state index contributed by atoms with van der Waals surface area (Å²) < 4.78 is 0.